The summed E-state index contributed by atoms with van der Waals surface area (Å²) in [6.07, 6.45) is 7.69. The molecule has 0 saturated carbocycles. The Morgan fingerprint density at radius 3 is 2.45 bits per heavy atom. The van der Waals surface area contributed by atoms with Gasteiger partial charge in [0.25, 0.3) is 0 Å². The molecule has 2 amide bonds. The summed E-state index contributed by atoms with van der Waals surface area (Å²) in [5.41, 5.74) is 6.52. The number of nitrogens with one attached hydrogen (secondary N) is 1. The highest BCUT2D eigenvalue weighted by atomic mass is 16.2. The minimum atomic E-state index is -0.317. The second-order valence-electron chi connectivity index (χ2n) is 6.19. The molecular weight excluding hydrogens is 278 g/mol. The van der Waals surface area contributed by atoms with Crippen molar-refractivity contribution >= 4 is 17.5 Å². The van der Waals surface area contributed by atoms with Gasteiger partial charge < -0.3 is 20.9 Å². The van der Waals surface area contributed by atoms with Gasteiger partial charge in [-0.3, -0.25) is 0 Å². The number of nitrogens with two attached hydrogens (primary N) is 1. The molecule has 0 aliphatic carbocycles. The Morgan fingerprint density at radius 2 is 1.86 bits per heavy atom. The summed E-state index contributed by atoms with van der Waals surface area (Å²) in [6.45, 7) is 3.72. The number of carbonyl (C=O) groups excluding carboxylic acids is 1. The molecule has 0 unspecified atom stereocenters. The highest BCUT2D eigenvalue weighted by molar-refractivity contribution is 5.72. The van der Waals surface area contributed by atoms with Crippen LogP contribution in [0.15, 0.2) is 18.3 Å². The molecule has 0 radical (unpaired) electrons. The number of likely N-dealkylation sites (tertiary alicyclic amines) is 1. The van der Waals surface area contributed by atoms with Gasteiger partial charge >= 0.3 is 6.03 Å². The third kappa shape index (κ3) is 3.61. The maximum absolute atomic E-state index is 11.1. The minimum absolute atomic E-state index is 0.317. The van der Waals surface area contributed by atoms with Gasteiger partial charge in [-0.2, -0.15) is 0 Å². The van der Waals surface area contributed by atoms with E-state index >= 15 is 0 Å². The average Bonchev–Trinajstić information content (AvgIpc) is 2.57. The number of amides is 2. The first-order chi connectivity index (χ1) is 10.7. The molecule has 0 bridgehead atoms. The van der Waals surface area contributed by atoms with Gasteiger partial charge in [0.05, 0.1) is 11.9 Å². The zero-order valence-electron chi connectivity index (χ0n) is 13.0. The van der Waals surface area contributed by atoms with Crippen molar-refractivity contribution in [3.63, 3.8) is 0 Å². The van der Waals surface area contributed by atoms with E-state index in [1.165, 1.54) is 24.9 Å². The third-order valence-electron chi connectivity index (χ3n) is 4.63. The second-order valence-corrected chi connectivity index (χ2v) is 6.19. The Morgan fingerprint density at radius 1 is 1.14 bits per heavy atom. The lowest BCUT2D eigenvalue weighted by Gasteiger charge is -2.31. The summed E-state index contributed by atoms with van der Waals surface area (Å²) in [7, 11) is 0. The van der Waals surface area contributed by atoms with Gasteiger partial charge in [-0.15, -0.1) is 0 Å². The first-order valence-corrected chi connectivity index (χ1v) is 8.24. The van der Waals surface area contributed by atoms with Gasteiger partial charge in [0, 0.05) is 32.2 Å². The summed E-state index contributed by atoms with van der Waals surface area (Å²) in [6, 6.07) is 4.26. The number of pyridine rings is 1. The standard InChI is InChI=1S/C16H25N5O/c17-16(22)21-10-6-13(7-11-21)19-15-5-4-14(12-18-15)20-8-2-1-3-9-20/h4-5,12-13H,1-3,6-11H2,(H2,17,22)(H,18,19). The van der Waals surface area contributed by atoms with E-state index in [4.69, 9.17) is 5.73 Å². The topological polar surface area (TPSA) is 74.5 Å². The Kier molecular flexibility index (Phi) is 4.65. The van der Waals surface area contributed by atoms with Gasteiger partial charge in [-0.05, 0) is 44.2 Å². The number of hydrogen-bond acceptors (Lipinski definition) is 4. The number of carbonyl (C=O) groups is 1. The first kappa shape index (κ1) is 14.9. The molecule has 0 atom stereocenters. The molecule has 2 aliphatic rings. The van der Waals surface area contributed by atoms with Gasteiger partial charge in [-0.1, -0.05) is 0 Å². The quantitative estimate of drug-likeness (QED) is 0.896. The van der Waals surface area contributed by atoms with Crippen molar-refractivity contribution in [1.82, 2.24) is 9.88 Å². The van der Waals surface area contributed by atoms with E-state index in [1.54, 1.807) is 4.90 Å². The van der Waals surface area contributed by atoms with E-state index in [-0.39, 0.29) is 6.03 Å². The normalized spacial score (nSPS) is 20.0. The smallest absolute Gasteiger partial charge is 0.314 e. The van der Waals surface area contributed by atoms with Gasteiger partial charge in [-0.25, -0.2) is 9.78 Å². The van der Waals surface area contributed by atoms with E-state index in [1.807, 2.05) is 6.20 Å². The monoisotopic (exact) mass is 303 g/mol. The lowest BCUT2D eigenvalue weighted by molar-refractivity contribution is 0.193. The lowest BCUT2D eigenvalue weighted by atomic mass is 10.1. The van der Waals surface area contributed by atoms with Crippen LogP contribution >= 0.6 is 0 Å². The van der Waals surface area contributed by atoms with Gasteiger partial charge in [0.1, 0.15) is 5.82 Å². The third-order valence-corrected chi connectivity index (χ3v) is 4.63. The fourth-order valence-electron chi connectivity index (χ4n) is 3.26. The predicted octanol–water partition coefficient (Wildman–Crippen LogP) is 2.03. The number of piperidine rings is 2. The Labute approximate surface area is 131 Å². The molecule has 3 rings (SSSR count). The van der Waals surface area contributed by atoms with Crippen molar-refractivity contribution in [2.45, 2.75) is 38.1 Å². The van der Waals surface area contributed by atoms with Crippen LogP contribution in [-0.4, -0.2) is 48.1 Å². The van der Waals surface area contributed by atoms with Crippen LogP contribution in [-0.2, 0) is 0 Å². The van der Waals surface area contributed by atoms with Crippen LogP contribution in [0.5, 0.6) is 0 Å². The van der Waals surface area contributed by atoms with Gasteiger partial charge in [0.2, 0.25) is 0 Å². The molecule has 2 aliphatic heterocycles. The molecule has 1 aromatic rings. The van der Waals surface area contributed by atoms with Crippen molar-refractivity contribution in [3.05, 3.63) is 18.3 Å². The van der Waals surface area contributed by atoms with Crippen LogP contribution in [0.25, 0.3) is 0 Å². The number of urea groups is 1. The molecule has 0 aromatic carbocycles. The Hall–Kier alpha value is -1.98. The SMILES string of the molecule is NC(=O)N1CCC(Nc2ccc(N3CCCCC3)cn2)CC1. The van der Waals surface area contributed by atoms with Crippen LogP contribution in [0.1, 0.15) is 32.1 Å². The zero-order chi connectivity index (χ0) is 15.4. The zero-order valence-corrected chi connectivity index (χ0v) is 13.0. The summed E-state index contributed by atoms with van der Waals surface area (Å²) in [5, 5.41) is 3.46. The minimum Gasteiger partial charge on any atom is -0.370 e. The molecule has 6 heteroatoms. The number of primary amides is 1. The van der Waals surface area contributed by atoms with Crippen LogP contribution in [0.2, 0.25) is 0 Å². The molecule has 2 saturated heterocycles. The largest absolute Gasteiger partial charge is 0.370 e. The molecule has 1 aromatic heterocycles. The lowest BCUT2D eigenvalue weighted by Crippen LogP contribution is -2.44. The molecule has 3 N–H and O–H groups in total. The Bertz CT molecular complexity index is 490. The van der Waals surface area contributed by atoms with Crippen molar-refractivity contribution in [2.75, 3.05) is 36.4 Å². The predicted molar refractivity (Wildman–Crippen MR) is 88.1 cm³/mol. The maximum atomic E-state index is 11.1. The number of anilines is 2. The summed E-state index contributed by atoms with van der Waals surface area (Å²) >= 11 is 0. The highest BCUT2D eigenvalue weighted by Gasteiger charge is 2.21. The molecule has 3 heterocycles. The molecule has 120 valence electrons. The summed E-state index contributed by atoms with van der Waals surface area (Å²) in [5.74, 6) is 0.915. The number of aromatic nitrogens is 1. The van der Waals surface area contributed by atoms with Crippen LogP contribution < -0.4 is 16.0 Å². The van der Waals surface area contributed by atoms with E-state index in [2.05, 4.69) is 27.3 Å². The second kappa shape index (κ2) is 6.85. The maximum Gasteiger partial charge on any atom is 0.314 e. The van der Waals surface area contributed by atoms with Crippen LogP contribution in [0, 0.1) is 0 Å². The first-order valence-electron chi connectivity index (χ1n) is 8.24. The highest BCUT2D eigenvalue weighted by Crippen LogP contribution is 2.21. The number of rotatable bonds is 3. The van der Waals surface area contributed by atoms with E-state index in [9.17, 15) is 4.79 Å². The van der Waals surface area contributed by atoms with Crippen molar-refractivity contribution in [2.24, 2.45) is 5.73 Å². The fraction of sp³-hybridized carbons (Fsp3) is 0.625. The Balaban J connectivity index is 1.52. The number of nitrogens with zero attached hydrogens (tertiary/aromatic N) is 3. The fourth-order valence-corrected chi connectivity index (χ4v) is 3.26. The van der Waals surface area contributed by atoms with E-state index in [0.29, 0.717) is 6.04 Å². The summed E-state index contributed by atoms with van der Waals surface area (Å²) in [4.78, 5) is 19.8. The van der Waals surface area contributed by atoms with E-state index in [0.717, 1.165) is 44.8 Å². The average molecular weight is 303 g/mol. The van der Waals surface area contributed by atoms with Crippen molar-refractivity contribution in [1.29, 1.82) is 0 Å². The van der Waals surface area contributed by atoms with Crippen LogP contribution in [0.3, 0.4) is 0 Å². The molecular formula is C16H25N5O. The number of hydrogen-bond donors (Lipinski definition) is 2. The molecule has 2 fully saturated rings. The summed E-state index contributed by atoms with van der Waals surface area (Å²) < 4.78 is 0. The molecule has 22 heavy (non-hydrogen) atoms. The van der Waals surface area contributed by atoms with Crippen molar-refractivity contribution < 1.29 is 4.79 Å². The molecule has 0 spiro atoms. The molecule has 6 nitrogen and oxygen atoms in total. The van der Waals surface area contributed by atoms with Gasteiger partial charge in [0.15, 0.2) is 0 Å². The van der Waals surface area contributed by atoms with Crippen molar-refractivity contribution in [3.8, 4) is 0 Å². The van der Waals surface area contributed by atoms with E-state index < -0.39 is 0 Å². The van der Waals surface area contributed by atoms with Crippen LogP contribution in [0.4, 0.5) is 16.3 Å².